The molecule has 0 saturated heterocycles. The van der Waals surface area contributed by atoms with Crippen LogP contribution in [-0.4, -0.2) is 5.78 Å². The van der Waals surface area contributed by atoms with Crippen molar-refractivity contribution >= 4 is 5.78 Å². The van der Waals surface area contributed by atoms with Gasteiger partial charge in [-0.2, -0.15) is 0 Å². The Bertz CT molecular complexity index is 181. The Morgan fingerprint density at radius 2 is 2.00 bits per heavy atom. The number of hydrogen-bond donors (Lipinski definition) is 0. The minimum absolute atomic E-state index is 0.240. The van der Waals surface area contributed by atoms with Crippen molar-refractivity contribution in [3.63, 3.8) is 0 Å². The molecule has 1 aliphatic rings. The van der Waals surface area contributed by atoms with Gasteiger partial charge in [-0.1, -0.05) is 27.2 Å². The molecule has 1 saturated carbocycles. The van der Waals surface area contributed by atoms with Crippen molar-refractivity contribution in [1.29, 1.82) is 0 Å². The number of hydrogen-bond acceptors (Lipinski definition) is 1. The summed E-state index contributed by atoms with van der Waals surface area (Å²) in [6.45, 7) is 8.42. The van der Waals surface area contributed by atoms with Gasteiger partial charge < -0.3 is 0 Å². The van der Waals surface area contributed by atoms with Gasteiger partial charge in [0.05, 0.1) is 0 Å². The van der Waals surface area contributed by atoms with Gasteiger partial charge in [-0.25, -0.2) is 0 Å². The van der Waals surface area contributed by atoms with E-state index < -0.39 is 0 Å². The zero-order valence-corrected chi connectivity index (χ0v) is 8.68. The zero-order valence-electron chi connectivity index (χ0n) is 8.68. The highest BCUT2D eigenvalue weighted by Gasteiger charge is 2.39. The molecule has 1 rings (SSSR count). The van der Waals surface area contributed by atoms with E-state index in [0.717, 1.165) is 0 Å². The van der Waals surface area contributed by atoms with E-state index in [4.69, 9.17) is 0 Å². The molecule has 0 amide bonds. The normalized spacial score (nSPS) is 34.7. The van der Waals surface area contributed by atoms with Crippen molar-refractivity contribution in [2.24, 2.45) is 17.3 Å². The third kappa shape index (κ3) is 1.70. The molecule has 0 aromatic carbocycles. The minimum atomic E-state index is 0.240. The van der Waals surface area contributed by atoms with Crippen LogP contribution >= 0.6 is 0 Å². The molecule has 12 heavy (non-hydrogen) atoms. The summed E-state index contributed by atoms with van der Waals surface area (Å²) in [7, 11) is 0. The van der Waals surface area contributed by atoms with Crippen LogP contribution in [0.1, 0.15) is 47.0 Å². The van der Waals surface area contributed by atoms with Gasteiger partial charge >= 0.3 is 0 Å². The van der Waals surface area contributed by atoms with Gasteiger partial charge in [0, 0.05) is 5.92 Å². The second kappa shape index (κ2) is 3.20. The summed E-state index contributed by atoms with van der Waals surface area (Å²) in [6.07, 6.45) is 3.73. The van der Waals surface area contributed by atoms with Crippen LogP contribution in [0.4, 0.5) is 0 Å². The highest BCUT2D eigenvalue weighted by atomic mass is 16.1. The first-order chi connectivity index (χ1) is 5.45. The molecule has 0 aromatic heterocycles. The smallest absolute Gasteiger partial charge is 0.133 e. The van der Waals surface area contributed by atoms with E-state index >= 15 is 0 Å². The lowest BCUT2D eigenvalue weighted by Gasteiger charge is -2.41. The molecule has 0 aromatic rings. The Kier molecular flexibility index (Phi) is 2.60. The van der Waals surface area contributed by atoms with Gasteiger partial charge in [-0.05, 0) is 31.1 Å². The topological polar surface area (TPSA) is 17.1 Å². The number of carbonyl (C=O) groups is 1. The fourth-order valence-corrected chi connectivity index (χ4v) is 2.92. The Hall–Kier alpha value is -0.330. The SMILES string of the molecule is CC(=O)C1[C@@H](C)CCCC1(C)C. The predicted octanol–water partition coefficient (Wildman–Crippen LogP) is 3.04. The van der Waals surface area contributed by atoms with Crippen LogP contribution in [-0.2, 0) is 4.79 Å². The van der Waals surface area contributed by atoms with E-state index in [1.807, 2.05) is 0 Å². The summed E-state index contributed by atoms with van der Waals surface area (Å²) in [5.41, 5.74) is 0.240. The molecular weight excluding hydrogens is 148 g/mol. The zero-order chi connectivity index (χ0) is 9.35. The van der Waals surface area contributed by atoms with E-state index in [9.17, 15) is 4.79 Å². The van der Waals surface area contributed by atoms with Crippen molar-refractivity contribution in [3.8, 4) is 0 Å². The molecular formula is C11H20O. The fraction of sp³-hybridized carbons (Fsp3) is 0.909. The molecule has 1 nitrogen and oxygen atoms in total. The molecule has 0 heterocycles. The first-order valence-corrected chi connectivity index (χ1v) is 4.95. The minimum Gasteiger partial charge on any atom is -0.300 e. The molecule has 2 atom stereocenters. The van der Waals surface area contributed by atoms with E-state index in [2.05, 4.69) is 20.8 Å². The Balaban J connectivity index is 2.81. The summed E-state index contributed by atoms with van der Waals surface area (Å²) >= 11 is 0. The van der Waals surface area contributed by atoms with E-state index in [-0.39, 0.29) is 5.41 Å². The van der Waals surface area contributed by atoms with E-state index in [1.54, 1.807) is 6.92 Å². The number of rotatable bonds is 1. The largest absolute Gasteiger partial charge is 0.300 e. The molecule has 0 radical (unpaired) electrons. The summed E-state index contributed by atoms with van der Waals surface area (Å²) in [6, 6.07) is 0. The lowest BCUT2D eigenvalue weighted by atomic mass is 9.63. The number of Topliss-reactive ketones (excluding diaryl/α,β-unsaturated/α-hetero) is 1. The molecule has 1 heteroatoms. The third-order valence-electron chi connectivity index (χ3n) is 3.33. The molecule has 1 aliphatic carbocycles. The molecule has 0 N–H and O–H groups in total. The highest BCUT2D eigenvalue weighted by molar-refractivity contribution is 5.79. The van der Waals surface area contributed by atoms with Crippen molar-refractivity contribution in [2.75, 3.05) is 0 Å². The van der Waals surface area contributed by atoms with Crippen molar-refractivity contribution in [3.05, 3.63) is 0 Å². The first kappa shape index (κ1) is 9.76. The molecule has 0 bridgehead atoms. The lowest BCUT2D eigenvalue weighted by molar-refractivity contribution is -0.128. The molecule has 1 unspecified atom stereocenters. The highest BCUT2D eigenvalue weighted by Crippen LogP contribution is 2.44. The Labute approximate surface area is 75.5 Å². The van der Waals surface area contributed by atoms with E-state index in [0.29, 0.717) is 17.6 Å². The first-order valence-electron chi connectivity index (χ1n) is 4.95. The van der Waals surface area contributed by atoms with Gasteiger partial charge in [0.15, 0.2) is 0 Å². The van der Waals surface area contributed by atoms with Crippen LogP contribution in [0.5, 0.6) is 0 Å². The monoisotopic (exact) mass is 168 g/mol. The van der Waals surface area contributed by atoms with Crippen LogP contribution in [0.15, 0.2) is 0 Å². The fourth-order valence-electron chi connectivity index (χ4n) is 2.92. The molecule has 70 valence electrons. The van der Waals surface area contributed by atoms with Crippen LogP contribution in [0.3, 0.4) is 0 Å². The van der Waals surface area contributed by atoms with Crippen LogP contribution in [0.25, 0.3) is 0 Å². The maximum Gasteiger partial charge on any atom is 0.133 e. The maximum atomic E-state index is 11.4. The Morgan fingerprint density at radius 3 is 2.33 bits per heavy atom. The quantitative estimate of drug-likeness (QED) is 0.588. The summed E-state index contributed by atoms with van der Waals surface area (Å²) in [4.78, 5) is 11.4. The summed E-state index contributed by atoms with van der Waals surface area (Å²) in [5.74, 6) is 1.27. The van der Waals surface area contributed by atoms with Crippen LogP contribution < -0.4 is 0 Å². The third-order valence-corrected chi connectivity index (χ3v) is 3.33. The maximum absolute atomic E-state index is 11.4. The second-order valence-electron chi connectivity index (χ2n) is 4.95. The van der Waals surface area contributed by atoms with Crippen LogP contribution in [0.2, 0.25) is 0 Å². The van der Waals surface area contributed by atoms with Crippen molar-refractivity contribution in [2.45, 2.75) is 47.0 Å². The van der Waals surface area contributed by atoms with Crippen molar-refractivity contribution < 1.29 is 4.79 Å². The van der Waals surface area contributed by atoms with Gasteiger partial charge in [-0.15, -0.1) is 0 Å². The lowest BCUT2D eigenvalue weighted by Crippen LogP contribution is -2.38. The molecule has 0 spiro atoms. The second-order valence-corrected chi connectivity index (χ2v) is 4.95. The Morgan fingerprint density at radius 1 is 1.42 bits per heavy atom. The average Bonchev–Trinajstić information content (AvgIpc) is 1.82. The van der Waals surface area contributed by atoms with Gasteiger partial charge in [0.2, 0.25) is 0 Å². The number of carbonyl (C=O) groups excluding carboxylic acids is 1. The average molecular weight is 168 g/mol. The van der Waals surface area contributed by atoms with Gasteiger partial charge in [-0.3, -0.25) is 4.79 Å². The van der Waals surface area contributed by atoms with Gasteiger partial charge in [0.25, 0.3) is 0 Å². The van der Waals surface area contributed by atoms with Crippen molar-refractivity contribution in [1.82, 2.24) is 0 Å². The predicted molar refractivity (Wildman–Crippen MR) is 51.0 cm³/mol. The van der Waals surface area contributed by atoms with E-state index in [1.165, 1.54) is 19.3 Å². The van der Waals surface area contributed by atoms with Gasteiger partial charge in [0.1, 0.15) is 5.78 Å². The van der Waals surface area contributed by atoms with Crippen LogP contribution in [0, 0.1) is 17.3 Å². The number of ketones is 1. The summed E-state index contributed by atoms with van der Waals surface area (Å²) in [5, 5.41) is 0. The summed E-state index contributed by atoms with van der Waals surface area (Å²) < 4.78 is 0. The molecule has 1 fully saturated rings. The molecule has 0 aliphatic heterocycles. The standard InChI is InChI=1S/C11H20O/c1-8-6-5-7-11(3,4)10(8)9(2)12/h8,10H,5-7H2,1-4H3/t8-,10?/m0/s1.